The van der Waals surface area contributed by atoms with Crippen molar-refractivity contribution in [3.63, 3.8) is 0 Å². The number of anilines is 1. The van der Waals surface area contributed by atoms with E-state index >= 15 is 0 Å². The lowest BCUT2D eigenvalue weighted by atomic mass is 10.0. The van der Waals surface area contributed by atoms with Gasteiger partial charge in [0.05, 0.1) is 11.1 Å². The second-order valence-corrected chi connectivity index (χ2v) is 10.9. The molecule has 212 valence electrons. The summed E-state index contributed by atoms with van der Waals surface area (Å²) in [6, 6.07) is 14.9. The van der Waals surface area contributed by atoms with Gasteiger partial charge in [-0.15, -0.1) is 0 Å². The lowest BCUT2D eigenvalue weighted by Crippen LogP contribution is -2.54. The summed E-state index contributed by atoms with van der Waals surface area (Å²) in [5.41, 5.74) is 2.66. The van der Waals surface area contributed by atoms with Gasteiger partial charge in [0.2, 0.25) is 11.8 Å². The monoisotopic (exact) mass is 545 g/mol. The first kappa shape index (κ1) is 28.0. The topological polar surface area (TPSA) is 102 Å². The van der Waals surface area contributed by atoms with Crippen LogP contribution in [0.25, 0.3) is 0 Å². The van der Waals surface area contributed by atoms with Gasteiger partial charge in [-0.05, 0) is 69.3 Å². The number of rotatable bonds is 12. The van der Waals surface area contributed by atoms with E-state index in [4.69, 9.17) is 0 Å². The van der Waals surface area contributed by atoms with Crippen molar-refractivity contribution in [2.75, 3.05) is 51.1 Å². The first-order chi connectivity index (χ1) is 19.5. The van der Waals surface area contributed by atoms with Gasteiger partial charge in [-0.1, -0.05) is 36.4 Å². The van der Waals surface area contributed by atoms with E-state index in [0.717, 1.165) is 56.9 Å². The van der Waals surface area contributed by atoms with Crippen molar-refractivity contribution in [2.45, 2.75) is 51.0 Å². The molecular weight excluding hydrogens is 506 g/mol. The van der Waals surface area contributed by atoms with E-state index in [1.807, 2.05) is 0 Å². The number of aryl methyl sites for hydroxylation is 1. The van der Waals surface area contributed by atoms with Gasteiger partial charge in [-0.25, -0.2) is 0 Å². The summed E-state index contributed by atoms with van der Waals surface area (Å²) in [6.07, 6.45) is 5.89. The first-order valence-corrected chi connectivity index (χ1v) is 14.6. The number of nitrogens with one attached hydrogen (secondary N) is 2. The number of fused-ring (bicyclic) bond motifs is 1. The maximum absolute atomic E-state index is 13.2. The van der Waals surface area contributed by atoms with Gasteiger partial charge in [0.1, 0.15) is 6.04 Å². The van der Waals surface area contributed by atoms with Crippen LogP contribution in [-0.2, 0) is 16.0 Å². The number of carbonyl (C=O) groups is 4. The van der Waals surface area contributed by atoms with Crippen LogP contribution in [0.2, 0.25) is 0 Å². The number of unbranched alkanes of at least 4 members (excludes halogenated alkanes) is 2. The molecule has 9 heteroatoms. The van der Waals surface area contributed by atoms with Crippen LogP contribution < -0.4 is 10.6 Å². The molecule has 0 spiro atoms. The Morgan fingerprint density at radius 1 is 0.775 bits per heavy atom. The minimum atomic E-state index is -0.951. The van der Waals surface area contributed by atoms with Crippen molar-refractivity contribution in [1.29, 1.82) is 0 Å². The highest BCUT2D eigenvalue weighted by Crippen LogP contribution is 2.32. The lowest BCUT2D eigenvalue weighted by molar-refractivity contribution is -0.136. The third-order valence-electron chi connectivity index (χ3n) is 8.18. The molecule has 2 fully saturated rings. The molecule has 2 aromatic carbocycles. The number of piperidine rings is 1. The molecule has 1 unspecified atom stereocenters. The summed E-state index contributed by atoms with van der Waals surface area (Å²) >= 11 is 0. The molecule has 3 aliphatic rings. The van der Waals surface area contributed by atoms with E-state index in [9.17, 15) is 19.2 Å². The molecule has 0 aliphatic carbocycles. The number of hydrogen-bond donors (Lipinski definition) is 2. The maximum Gasteiger partial charge on any atom is 0.264 e. The zero-order valence-electron chi connectivity index (χ0n) is 23.1. The van der Waals surface area contributed by atoms with E-state index in [2.05, 4.69) is 50.8 Å². The normalized spacial score (nSPS) is 20.1. The fraction of sp³-hybridized carbons (Fsp3) is 0.484. The van der Waals surface area contributed by atoms with Gasteiger partial charge >= 0.3 is 0 Å². The van der Waals surface area contributed by atoms with Crippen LogP contribution >= 0.6 is 0 Å². The third kappa shape index (κ3) is 6.59. The number of hydrogen-bond acceptors (Lipinski definition) is 7. The van der Waals surface area contributed by atoms with Crippen molar-refractivity contribution in [3.05, 3.63) is 65.2 Å². The summed E-state index contributed by atoms with van der Waals surface area (Å²) in [5, 5.41) is 5.58. The molecule has 0 aromatic heterocycles. The van der Waals surface area contributed by atoms with E-state index in [1.165, 1.54) is 24.9 Å². The highest BCUT2D eigenvalue weighted by Gasteiger charge is 2.45. The summed E-state index contributed by atoms with van der Waals surface area (Å²) in [7, 11) is 0. The Balaban J connectivity index is 1.01. The third-order valence-corrected chi connectivity index (χ3v) is 8.18. The van der Waals surface area contributed by atoms with Crippen LogP contribution in [0.1, 0.15) is 64.8 Å². The molecule has 40 heavy (non-hydrogen) atoms. The van der Waals surface area contributed by atoms with Crippen molar-refractivity contribution in [2.24, 2.45) is 0 Å². The SMILES string of the molecule is O=C1CCC(N2C(=O)c3cccc(NCCCCN4CCN(CCCCc5ccccc5)CC4)c3C2=O)C(=O)N1. The largest absolute Gasteiger partial charge is 0.384 e. The van der Waals surface area contributed by atoms with Crippen LogP contribution in [0.3, 0.4) is 0 Å². The Morgan fingerprint density at radius 3 is 2.17 bits per heavy atom. The first-order valence-electron chi connectivity index (χ1n) is 14.6. The van der Waals surface area contributed by atoms with E-state index < -0.39 is 23.8 Å². The molecule has 5 rings (SSSR count). The molecule has 0 radical (unpaired) electrons. The number of piperazine rings is 1. The Hall–Kier alpha value is -3.56. The minimum Gasteiger partial charge on any atom is -0.384 e. The zero-order valence-corrected chi connectivity index (χ0v) is 23.1. The number of amides is 4. The smallest absolute Gasteiger partial charge is 0.264 e. The fourth-order valence-electron chi connectivity index (χ4n) is 5.89. The van der Waals surface area contributed by atoms with E-state index in [1.54, 1.807) is 18.2 Å². The molecule has 2 saturated heterocycles. The highest BCUT2D eigenvalue weighted by molar-refractivity contribution is 6.25. The summed E-state index contributed by atoms with van der Waals surface area (Å²) in [6.45, 7) is 7.37. The van der Waals surface area contributed by atoms with Crippen LogP contribution in [0.5, 0.6) is 0 Å². The average Bonchev–Trinajstić information content (AvgIpc) is 3.22. The molecule has 3 heterocycles. The van der Waals surface area contributed by atoms with Crippen LogP contribution in [0.15, 0.2) is 48.5 Å². The predicted octanol–water partition coefficient (Wildman–Crippen LogP) is 2.92. The van der Waals surface area contributed by atoms with Crippen molar-refractivity contribution < 1.29 is 19.2 Å². The molecular formula is C31H39N5O4. The number of benzene rings is 2. The van der Waals surface area contributed by atoms with Gasteiger partial charge in [-0.3, -0.25) is 29.4 Å². The fourth-order valence-corrected chi connectivity index (χ4v) is 5.89. The van der Waals surface area contributed by atoms with Gasteiger partial charge in [-0.2, -0.15) is 0 Å². The van der Waals surface area contributed by atoms with Crippen LogP contribution in [0, 0.1) is 0 Å². The highest BCUT2D eigenvalue weighted by atomic mass is 16.2. The van der Waals surface area contributed by atoms with Gasteiger partial charge < -0.3 is 15.1 Å². The molecule has 3 aliphatic heterocycles. The Morgan fingerprint density at radius 2 is 1.48 bits per heavy atom. The Bertz CT molecular complexity index is 1230. The number of imide groups is 2. The molecule has 2 aromatic rings. The summed E-state index contributed by atoms with van der Waals surface area (Å²) < 4.78 is 0. The van der Waals surface area contributed by atoms with Gasteiger partial charge in [0.15, 0.2) is 0 Å². The Labute approximate surface area is 235 Å². The van der Waals surface area contributed by atoms with Crippen molar-refractivity contribution in [3.8, 4) is 0 Å². The van der Waals surface area contributed by atoms with Crippen LogP contribution in [-0.4, -0.2) is 90.2 Å². The lowest BCUT2D eigenvalue weighted by Gasteiger charge is -2.34. The molecule has 1 atom stereocenters. The molecule has 0 bridgehead atoms. The van der Waals surface area contributed by atoms with Crippen molar-refractivity contribution in [1.82, 2.24) is 20.0 Å². The van der Waals surface area contributed by atoms with E-state index in [0.29, 0.717) is 23.4 Å². The van der Waals surface area contributed by atoms with Gasteiger partial charge in [0.25, 0.3) is 11.8 Å². The molecule has 4 amide bonds. The minimum absolute atomic E-state index is 0.110. The van der Waals surface area contributed by atoms with E-state index in [-0.39, 0.29) is 18.7 Å². The Kier molecular flexibility index (Phi) is 9.23. The summed E-state index contributed by atoms with van der Waals surface area (Å²) in [5.74, 6) is -1.93. The maximum atomic E-state index is 13.2. The second-order valence-electron chi connectivity index (χ2n) is 10.9. The van der Waals surface area contributed by atoms with Crippen molar-refractivity contribution >= 4 is 29.3 Å². The second kappa shape index (κ2) is 13.2. The number of carbonyl (C=O) groups excluding carboxylic acids is 4. The standard InChI is InChI=1S/C31H39N5O4/c37-27-15-14-26(29(38)33-27)36-30(39)24-12-8-13-25(28(24)31(36)40)32-16-5-7-18-35-21-19-34(20-22-35)17-6-4-11-23-9-2-1-3-10-23/h1-3,8-10,12-13,26,32H,4-7,11,14-22H2,(H,33,37,38). The number of nitrogens with zero attached hydrogens (tertiary/aromatic N) is 3. The van der Waals surface area contributed by atoms with Gasteiger partial charge in [0, 0.05) is 44.8 Å². The molecule has 9 nitrogen and oxygen atoms in total. The molecule has 2 N–H and O–H groups in total. The molecule has 0 saturated carbocycles. The average molecular weight is 546 g/mol. The zero-order chi connectivity index (χ0) is 27.9. The predicted molar refractivity (Wildman–Crippen MR) is 153 cm³/mol. The quantitative estimate of drug-likeness (QED) is 0.312. The van der Waals surface area contributed by atoms with Crippen LogP contribution in [0.4, 0.5) is 5.69 Å². The summed E-state index contributed by atoms with van der Waals surface area (Å²) in [4.78, 5) is 56.2.